The highest BCUT2D eigenvalue weighted by Crippen LogP contribution is 2.08. The molecule has 0 unspecified atom stereocenters. The van der Waals surface area contributed by atoms with E-state index >= 15 is 0 Å². The lowest BCUT2D eigenvalue weighted by molar-refractivity contribution is 0.614. The van der Waals surface area contributed by atoms with Crippen LogP contribution in [-0.2, 0) is 0 Å². The maximum atomic E-state index is 5.40. The van der Waals surface area contributed by atoms with Gasteiger partial charge in [-0.15, -0.1) is 0 Å². The monoisotopic (exact) mass is 252 g/mol. The fourth-order valence-electron chi connectivity index (χ4n) is 1.13. The third-order valence-electron chi connectivity index (χ3n) is 1.84. The summed E-state index contributed by atoms with van der Waals surface area (Å²) in [6.07, 6.45) is 11.3. The van der Waals surface area contributed by atoms with Gasteiger partial charge in [-0.25, -0.2) is 0 Å². The minimum atomic E-state index is 1.14. The Morgan fingerprint density at radius 2 is 1.50 bits per heavy atom. The molecule has 0 saturated carbocycles. The second-order valence-electron chi connectivity index (χ2n) is 2.96. The fraction of sp³-hybridized carbons (Fsp3) is 0.800. The predicted octanol–water partition coefficient (Wildman–Crippen LogP) is 4.86. The van der Waals surface area contributed by atoms with Crippen LogP contribution in [-0.4, -0.2) is 5.33 Å². The van der Waals surface area contributed by atoms with Gasteiger partial charge in [-0.2, -0.15) is 0 Å². The molecule has 0 aromatic carbocycles. The molecule has 2 heteroatoms. The molecule has 0 rings (SSSR count). The van der Waals surface area contributed by atoms with Crippen LogP contribution < -0.4 is 0 Å². The maximum Gasteiger partial charge on any atom is 0.00313 e. The summed E-state index contributed by atoms with van der Waals surface area (Å²) in [5.74, 6) is 0. The van der Waals surface area contributed by atoms with Gasteiger partial charge in [0.05, 0.1) is 0 Å². The van der Waals surface area contributed by atoms with Crippen LogP contribution in [0, 0.1) is 0 Å². The summed E-state index contributed by atoms with van der Waals surface area (Å²) in [6, 6.07) is 0. The molecular formula is C10H18BrCl. The Morgan fingerprint density at radius 3 is 2.08 bits per heavy atom. The quantitative estimate of drug-likeness (QED) is 0.428. The average Bonchev–Trinajstić information content (AvgIpc) is 2.10. The number of rotatable bonds is 8. The van der Waals surface area contributed by atoms with Crippen LogP contribution >= 0.6 is 27.5 Å². The summed E-state index contributed by atoms with van der Waals surface area (Å²) >= 11 is 8.83. The molecule has 0 N–H and O–H groups in total. The van der Waals surface area contributed by atoms with E-state index in [0.717, 1.165) is 11.8 Å². The van der Waals surface area contributed by atoms with E-state index in [4.69, 9.17) is 11.6 Å². The molecule has 12 heavy (non-hydrogen) atoms. The van der Waals surface area contributed by atoms with Crippen molar-refractivity contribution in [2.45, 2.75) is 44.9 Å². The summed E-state index contributed by atoms with van der Waals surface area (Å²) in [5.41, 5.74) is 1.62. The topological polar surface area (TPSA) is 0 Å². The van der Waals surface area contributed by atoms with Gasteiger partial charge in [-0.1, -0.05) is 59.3 Å². The fourth-order valence-corrected chi connectivity index (χ4v) is 1.65. The maximum absolute atomic E-state index is 5.40. The molecule has 0 spiro atoms. The van der Waals surface area contributed by atoms with Gasteiger partial charge in [0.25, 0.3) is 0 Å². The molecule has 0 heterocycles. The van der Waals surface area contributed by atoms with Crippen molar-refractivity contribution in [3.05, 3.63) is 11.6 Å². The van der Waals surface area contributed by atoms with Gasteiger partial charge in [0.15, 0.2) is 0 Å². The van der Waals surface area contributed by atoms with Crippen molar-refractivity contribution >= 4 is 27.5 Å². The van der Waals surface area contributed by atoms with Gasteiger partial charge in [0.2, 0.25) is 0 Å². The van der Waals surface area contributed by atoms with Crippen molar-refractivity contribution in [2.75, 3.05) is 5.33 Å². The van der Waals surface area contributed by atoms with E-state index in [0.29, 0.717) is 0 Å². The molecule has 0 fully saturated rings. The molecule has 0 amide bonds. The Morgan fingerprint density at radius 1 is 0.917 bits per heavy atom. The average molecular weight is 254 g/mol. The van der Waals surface area contributed by atoms with E-state index in [1.807, 2.05) is 6.08 Å². The summed E-state index contributed by atoms with van der Waals surface area (Å²) in [4.78, 5) is 0. The van der Waals surface area contributed by atoms with Crippen LogP contribution in [0.2, 0.25) is 0 Å². The zero-order valence-corrected chi connectivity index (χ0v) is 9.91. The number of hydrogen-bond acceptors (Lipinski definition) is 0. The van der Waals surface area contributed by atoms with Crippen molar-refractivity contribution in [3.63, 3.8) is 0 Å². The van der Waals surface area contributed by atoms with Gasteiger partial charge < -0.3 is 0 Å². The third-order valence-corrected chi connectivity index (χ3v) is 2.58. The van der Waals surface area contributed by atoms with E-state index < -0.39 is 0 Å². The Kier molecular flexibility index (Phi) is 12.0. The van der Waals surface area contributed by atoms with Crippen LogP contribution in [0.15, 0.2) is 11.6 Å². The van der Waals surface area contributed by atoms with E-state index in [-0.39, 0.29) is 0 Å². The van der Waals surface area contributed by atoms with Crippen LogP contribution in [0.25, 0.3) is 0 Å². The summed E-state index contributed by atoms with van der Waals surface area (Å²) in [5, 5.41) is 1.15. The molecule has 0 aromatic heterocycles. The molecule has 0 aromatic rings. The van der Waals surface area contributed by atoms with Gasteiger partial charge in [-0.3, -0.25) is 0 Å². The lowest BCUT2D eigenvalue weighted by atomic mass is 10.1. The van der Waals surface area contributed by atoms with Crippen molar-refractivity contribution in [2.24, 2.45) is 0 Å². The Bertz CT molecular complexity index is 102. The smallest absolute Gasteiger partial charge is 0.00313 e. The summed E-state index contributed by atoms with van der Waals surface area (Å²) in [6.45, 7) is 0. The van der Waals surface area contributed by atoms with Gasteiger partial charge in [-0.05, 0) is 19.3 Å². The summed E-state index contributed by atoms with van der Waals surface area (Å²) in [7, 11) is 0. The second kappa shape index (κ2) is 11.5. The van der Waals surface area contributed by atoms with Crippen LogP contribution in [0.4, 0.5) is 0 Å². The van der Waals surface area contributed by atoms with Crippen molar-refractivity contribution < 1.29 is 0 Å². The molecule has 72 valence electrons. The van der Waals surface area contributed by atoms with E-state index in [2.05, 4.69) is 15.9 Å². The molecule has 0 bridgehead atoms. The third kappa shape index (κ3) is 10.5. The van der Waals surface area contributed by atoms with Gasteiger partial charge in [0.1, 0.15) is 0 Å². The molecule has 0 aliphatic heterocycles. The van der Waals surface area contributed by atoms with Gasteiger partial charge >= 0.3 is 0 Å². The number of halogens is 2. The van der Waals surface area contributed by atoms with Gasteiger partial charge in [0, 0.05) is 10.9 Å². The zero-order chi connectivity index (χ0) is 9.07. The largest absolute Gasteiger partial charge is 0.0933 e. The molecule has 0 aliphatic carbocycles. The predicted molar refractivity (Wildman–Crippen MR) is 61.1 cm³/mol. The normalized spacial score (nSPS) is 11.2. The zero-order valence-electron chi connectivity index (χ0n) is 7.57. The number of unbranched alkanes of at least 4 members (excludes halogenated alkanes) is 6. The van der Waals surface area contributed by atoms with E-state index in [1.165, 1.54) is 38.5 Å². The lowest BCUT2D eigenvalue weighted by Gasteiger charge is -1.97. The Balaban J connectivity index is 2.81. The number of allylic oxidation sites excluding steroid dienone is 1. The molecule has 0 nitrogen and oxygen atoms in total. The van der Waals surface area contributed by atoms with Crippen LogP contribution in [0.5, 0.6) is 0 Å². The highest BCUT2D eigenvalue weighted by molar-refractivity contribution is 9.09. The van der Waals surface area contributed by atoms with Crippen LogP contribution in [0.3, 0.4) is 0 Å². The van der Waals surface area contributed by atoms with Crippen LogP contribution in [0.1, 0.15) is 44.9 Å². The first-order valence-corrected chi connectivity index (χ1v) is 6.28. The number of hydrogen-bond donors (Lipinski definition) is 0. The van der Waals surface area contributed by atoms with Crippen molar-refractivity contribution in [1.29, 1.82) is 0 Å². The van der Waals surface area contributed by atoms with Crippen molar-refractivity contribution in [3.8, 4) is 0 Å². The lowest BCUT2D eigenvalue weighted by Crippen LogP contribution is -1.79. The molecule has 0 radical (unpaired) electrons. The number of alkyl halides is 1. The van der Waals surface area contributed by atoms with Crippen molar-refractivity contribution in [1.82, 2.24) is 0 Å². The van der Waals surface area contributed by atoms with E-state index in [9.17, 15) is 0 Å². The molecule has 0 aliphatic rings. The first-order chi connectivity index (χ1) is 5.91. The SMILES string of the molecule is Cl/C=C\CCCCCCCCBr. The highest BCUT2D eigenvalue weighted by Gasteiger charge is 1.88. The minimum Gasteiger partial charge on any atom is -0.0933 e. The molecule has 0 saturated heterocycles. The highest BCUT2D eigenvalue weighted by atomic mass is 79.9. The Labute approximate surface area is 89.5 Å². The molecule has 0 atom stereocenters. The minimum absolute atomic E-state index is 1.14. The summed E-state index contributed by atoms with van der Waals surface area (Å²) < 4.78 is 0. The standard InChI is InChI=1S/C10H18BrCl/c11-9-7-5-3-1-2-4-6-8-10-12/h8,10H,1-7,9H2/b10-8-. The first kappa shape index (κ1) is 12.5. The molecular weight excluding hydrogens is 235 g/mol. The van der Waals surface area contributed by atoms with E-state index in [1.54, 1.807) is 5.54 Å². The Hall–Kier alpha value is 0.510. The first-order valence-electron chi connectivity index (χ1n) is 4.73. The second-order valence-corrected chi connectivity index (χ2v) is 4.01.